The third-order valence-electron chi connectivity index (χ3n) is 3.97. The Morgan fingerprint density at radius 1 is 1.11 bits per heavy atom. The van der Waals surface area contributed by atoms with E-state index < -0.39 is 0 Å². The smallest absolute Gasteiger partial charge is 0.226 e. The summed E-state index contributed by atoms with van der Waals surface area (Å²) in [5, 5.41) is 7.24. The van der Waals surface area contributed by atoms with E-state index in [0.29, 0.717) is 11.4 Å². The van der Waals surface area contributed by atoms with Crippen molar-refractivity contribution in [2.24, 2.45) is 0 Å². The van der Waals surface area contributed by atoms with Crippen molar-refractivity contribution < 1.29 is 4.79 Å². The van der Waals surface area contributed by atoms with Gasteiger partial charge in [0.15, 0.2) is 0 Å². The second-order valence-electron chi connectivity index (χ2n) is 5.38. The third kappa shape index (κ3) is 2.19. The van der Waals surface area contributed by atoms with Crippen LogP contribution in [0.1, 0.15) is 38.5 Å². The summed E-state index contributed by atoms with van der Waals surface area (Å²) in [6, 6.07) is 5.57. The molecule has 0 radical (unpaired) electrons. The van der Waals surface area contributed by atoms with Crippen LogP contribution in [0.3, 0.4) is 0 Å². The third-order valence-corrected chi connectivity index (χ3v) is 4.20. The highest BCUT2D eigenvalue weighted by atomic mass is 35.5. The van der Waals surface area contributed by atoms with E-state index in [4.69, 9.17) is 11.6 Å². The Kier molecular flexibility index (Phi) is 2.94. The first-order chi connectivity index (χ1) is 8.67. The number of amides is 1. The van der Waals surface area contributed by atoms with Crippen LogP contribution >= 0.6 is 11.6 Å². The SMILES string of the molecule is O=C1CC2(CCCCC2)Nc2cc(Cl)ccc2N1. The minimum Gasteiger partial charge on any atom is -0.377 e. The van der Waals surface area contributed by atoms with Gasteiger partial charge >= 0.3 is 0 Å². The number of halogens is 1. The van der Waals surface area contributed by atoms with E-state index in [1.54, 1.807) is 6.07 Å². The number of fused-ring (bicyclic) bond motifs is 1. The van der Waals surface area contributed by atoms with Crippen LogP contribution in [0.25, 0.3) is 0 Å². The standard InChI is InChI=1S/C14H17ClN2O/c15-10-4-5-11-12(8-10)17-14(9-13(18)16-11)6-2-1-3-7-14/h4-5,8,17H,1-3,6-7,9H2,(H,16,18). The van der Waals surface area contributed by atoms with E-state index in [0.717, 1.165) is 24.2 Å². The van der Waals surface area contributed by atoms with Gasteiger partial charge in [0.25, 0.3) is 0 Å². The molecule has 1 saturated carbocycles. The fraction of sp³-hybridized carbons (Fsp3) is 0.500. The highest BCUT2D eigenvalue weighted by Gasteiger charge is 2.36. The van der Waals surface area contributed by atoms with Crippen LogP contribution in [0.5, 0.6) is 0 Å². The van der Waals surface area contributed by atoms with Crippen LogP contribution in [-0.2, 0) is 4.79 Å². The van der Waals surface area contributed by atoms with Crippen molar-refractivity contribution in [2.45, 2.75) is 44.1 Å². The molecule has 18 heavy (non-hydrogen) atoms. The number of anilines is 2. The Bertz CT molecular complexity index is 481. The summed E-state index contributed by atoms with van der Waals surface area (Å²) in [4.78, 5) is 12.0. The molecule has 1 aliphatic heterocycles. The summed E-state index contributed by atoms with van der Waals surface area (Å²) in [7, 11) is 0. The van der Waals surface area contributed by atoms with Crippen LogP contribution < -0.4 is 10.6 Å². The number of rotatable bonds is 0. The lowest BCUT2D eigenvalue weighted by atomic mass is 9.79. The molecule has 1 amide bonds. The minimum atomic E-state index is -0.0712. The molecule has 0 saturated heterocycles. The maximum atomic E-state index is 12.0. The van der Waals surface area contributed by atoms with Crippen molar-refractivity contribution in [2.75, 3.05) is 10.6 Å². The molecule has 1 aliphatic carbocycles. The molecule has 0 unspecified atom stereocenters. The van der Waals surface area contributed by atoms with Crippen molar-refractivity contribution in [1.29, 1.82) is 0 Å². The molecule has 1 spiro atoms. The Labute approximate surface area is 112 Å². The van der Waals surface area contributed by atoms with Crippen LogP contribution in [-0.4, -0.2) is 11.4 Å². The second kappa shape index (κ2) is 4.47. The monoisotopic (exact) mass is 264 g/mol. The molecule has 96 valence electrons. The summed E-state index contributed by atoms with van der Waals surface area (Å²) >= 11 is 6.04. The van der Waals surface area contributed by atoms with E-state index in [2.05, 4.69) is 10.6 Å². The quantitative estimate of drug-likeness (QED) is 0.748. The Morgan fingerprint density at radius 3 is 2.67 bits per heavy atom. The van der Waals surface area contributed by atoms with Crippen LogP contribution in [0.2, 0.25) is 5.02 Å². The first-order valence-electron chi connectivity index (χ1n) is 6.55. The fourth-order valence-corrected chi connectivity index (χ4v) is 3.26. The molecule has 4 heteroatoms. The Balaban J connectivity index is 1.98. The molecule has 1 aromatic carbocycles. The lowest BCUT2D eigenvalue weighted by Crippen LogP contribution is -2.41. The molecule has 2 N–H and O–H groups in total. The molecular weight excluding hydrogens is 248 g/mol. The van der Waals surface area contributed by atoms with Crippen molar-refractivity contribution in [3.8, 4) is 0 Å². The molecule has 1 heterocycles. The molecular formula is C14H17ClN2O. The number of nitrogens with one attached hydrogen (secondary N) is 2. The van der Waals surface area contributed by atoms with Gasteiger partial charge in [-0.05, 0) is 31.0 Å². The zero-order valence-electron chi connectivity index (χ0n) is 10.3. The maximum absolute atomic E-state index is 12.0. The van der Waals surface area contributed by atoms with Crippen molar-refractivity contribution >= 4 is 28.9 Å². The molecule has 3 nitrogen and oxygen atoms in total. The summed E-state index contributed by atoms with van der Waals surface area (Å²) < 4.78 is 0. The summed E-state index contributed by atoms with van der Waals surface area (Å²) in [6.45, 7) is 0. The lowest BCUT2D eigenvalue weighted by Gasteiger charge is -2.37. The van der Waals surface area contributed by atoms with Gasteiger partial charge in [0, 0.05) is 17.0 Å². The first-order valence-corrected chi connectivity index (χ1v) is 6.92. The van der Waals surface area contributed by atoms with Crippen molar-refractivity contribution in [3.05, 3.63) is 23.2 Å². The van der Waals surface area contributed by atoms with E-state index in [9.17, 15) is 4.79 Å². The van der Waals surface area contributed by atoms with Crippen molar-refractivity contribution in [3.63, 3.8) is 0 Å². The number of hydrogen-bond donors (Lipinski definition) is 2. The molecule has 2 aliphatic rings. The van der Waals surface area contributed by atoms with Crippen LogP contribution in [0.4, 0.5) is 11.4 Å². The van der Waals surface area contributed by atoms with Gasteiger partial charge in [-0.25, -0.2) is 0 Å². The van der Waals surface area contributed by atoms with Gasteiger partial charge in [0.1, 0.15) is 0 Å². The summed E-state index contributed by atoms with van der Waals surface area (Å²) in [6.07, 6.45) is 6.33. The highest BCUT2D eigenvalue weighted by molar-refractivity contribution is 6.31. The second-order valence-corrected chi connectivity index (χ2v) is 5.82. The molecule has 0 bridgehead atoms. The van der Waals surface area contributed by atoms with Gasteiger partial charge in [0.05, 0.1) is 11.4 Å². The van der Waals surface area contributed by atoms with Gasteiger partial charge in [0.2, 0.25) is 5.91 Å². The lowest BCUT2D eigenvalue weighted by molar-refractivity contribution is -0.117. The average Bonchev–Trinajstić information content (AvgIpc) is 2.45. The Morgan fingerprint density at radius 2 is 1.89 bits per heavy atom. The minimum absolute atomic E-state index is 0.0712. The molecule has 3 rings (SSSR count). The Hall–Kier alpha value is -1.22. The average molecular weight is 265 g/mol. The van der Waals surface area contributed by atoms with E-state index in [1.165, 1.54) is 19.3 Å². The number of carbonyl (C=O) groups excluding carboxylic acids is 1. The molecule has 0 aromatic heterocycles. The van der Waals surface area contributed by atoms with Crippen LogP contribution in [0, 0.1) is 0 Å². The largest absolute Gasteiger partial charge is 0.377 e. The van der Waals surface area contributed by atoms with Gasteiger partial charge < -0.3 is 10.6 Å². The summed E-state index contributed by atoms with van der Waals surface area (Å²) in [5.41, 5.74) is 1.72. The zero-order valence-corrected chi connectivity index (χ0v) is 11.0. The molecule has 1 aromatic rings. The molecule has 1 fully saturated rings. The van der Waals surface area contributed by atoms with E-state index >= 15 is 0 Å². The zero-order chi connectivity index (χ0) is 12.6. The van der Waals surface area contributed by atoms with Gasteiger partial charge in [-0.3, -0.25) is 4.79 Å². The topological polar surface area (TPSA) is 41.1 Å². The normalized spacial score (nSPS) is 21.7. The number of hydrogen-bond acceptors (Lipinski definition) is 2. The van der Waals surface area contributed by atoms with Gasteiger partial charge in [-0.2, -0.15) is 0 Å². The molecule has 0 atom stereocenters. The van der Waals surface area contributed by atoms with Gasteiger partial charge in [-0.1, -0.05) is 30.9 Å². The van der Waals surface area contributed by atoms with E-state index in [1.807, 2.05) is 12.1 Å². The predicted octanol–water partition coefficient (Wildman–Crippen LogP) is 3.80. The predicted molar refractivity (Wildman–Crippen MR) is 74.1 cm³/mol. The maximum Gasteiger partial charge on any atom is 0.226 e. The number of benzene rings is 1. The fourth-order valence-electron chi connectivity index (χ4n) is 3.09. The first kappa shape index (κ1) is 11.8. The van der Waals surface area contributed by atoms with Crippen LogP contribution in [0.15, 0.2) is 18.2 Å². The van der Waals surface area contributed by atoms with Gasteiger partial charge in [-0.15, -0.1) is 0 Å². The number of carbonyl (C=O) groups is 1. The van der Waals surface area contributed by atoms with Crippen molar-refractivity contribution in [1.82, 2.24) is 0 Å². The highest BCUT2D eigenvalue weighted by Crippen LogP contribution is 2.39. The van der Waals surface area contributed by atoms with E-state index in [-0.39, 0.29) is 11.4 Å². The summed E-state index contributed by atoms with van der Waals surface area (Å²) in [5.74, 6) is 0.102.